The first kappa shape index (κ1) is 16.7. The molecule has 1 fully saturated rings. The van der Waals surface area contributed by atoms with Crippen molar-refractivity contribution in [2.45, 2.75) is 55.7 Å². The molecule has 1 aromatic rings. The Balaban J connectivity index is 2.16. The first-order valence-corrected chi connectivity index (χ1v) is 9.55. The van der Waals surface area contributed by atoms with Gasteiger partial charge in [0, 0.05) is 29.4 Å². The van der Waals surface area contributed by atoms with E-state index in [0.29, 0.717) is 17.1 Å². The average Bonchev–Trinajstić information content (AvgIpc) is 2.61. The van der Waals surface area contributed by atoms with Crippen LogP contribution in [-0.4, -0.2) is 31.9 Å². The topological polar surface area (TPSA) is 66.4 Å². The molecule has 6 heteroatoms. The molecular formula is C15H22ClNO3S. The summed E-state index contributed by atoms with van der Waals surface area (Å²) >= 11 is 6.15. The molecule has 118 valence electrons. The molecule has 2 atom stereocenters. The Hall–Kier alpha value is -0.620. The maximum Gasteiger partial charge on any atom is 0.175 e. The number of hydrogen-bond donors (Lipinski definition) is 2. The van der Waals surface area contributed by atoms with Crippen LogP contribution in [0.5, 0.6) is 0 Å². The highest BCUT2D eigenvalue weighted by atomic mass is 35.5. The van der Waals surface area contributed by atoms with Crippen LogP contribution in [0.1, 0.15) is 37.7 Å². The van der Waals surface area contributed by atoms with E-state index in [1.165, 1.54) is 6.26 Å². The molecular weight excluding hydrogens is 310 g/mol. The van der Waals surface area contributed by atoms with E-state index in [-0.39, 0.29) is 17.0 Å². The highest BCUT2D eigenvalue weighted by molar-refractivity contribution is 7.90. The van der Waals surface area contributed by atoms with Gasteiger partial charge in [-0.25, -0.2) is 8.42 Å². The lowest BCUT2D eigenvalue weighted by molar-refractivity contribution is 0.119. The zero-order valence-electron chi connectivity index (χ0n) is 12.2. The summed E-state index contributed by atoms with van der Waals surface area (Å²) in [6.45, 7) is 0.351. The second kappa shape index (κ2) is 7.09. The molecule has 0 radical (unpaired) electrons. The maximum atomic E-state index is 11.8. The summed E-state index contributed by atoms with van der Waals surface area (Å²) in [4.78, 5) is 0.255. The molecule has 0 aliphatic heterocycles. The van der Waals surface area contributed by atoms with Gasteiger partial charge in [-0.05, 0) is 25.0 Å². The van der Waals surface area contributed by atoms with Gasteiger partial charge in [0.2, 0.25) is 0 Å². The van der Waals surface area contributed by atoms with Crippen LogP contribution in [0.2, 0.25) is 5.02 Å². The second-order valence-corrected chi connectivity index (χ2v) is 8.07. The average molecular weight is 332 g/mol. The third-order valence-corrected chi connectivity index (χ3v) is 5.53. The largest absolute Gasteiger partial charge is 0.392 e. The summed E-state index contributed by atoms with van der Waals surface area (Å²) in [5.74, 6) is 0. The van der Waals surface area contributed by atoms with Crippen molar-refractivity contribution < 1.29 is 13.5 Å². The molecule has 1 aliphatic rings. The van der Waals surface area contributed by atoms with Crippen molar-refractivity contribution in [3.05, 3.63) is 28.8 Å². The van der Waals surface area contributed by atoms with E-state index in [4.69, 9.17) is 11.6 Å². The number of sulfone groups is 1. The van der Waals surface area contributed by atoms with Crippen LogP contribution in [0.15, 0.2) is 23.1 Å². The molecule has 2 unspecified atom stereocenters. The van der Waals surface area contributed by atoms with Gasteiger partial charge in [0.1, 0.15) is 0 Å². The van der Waals surface area contributed by atoms with Gasteiger partial charge in [-0.3, -0.25) is 0 Å². The third kappa shape index (κ3) is 4.42. The minimum Gasteiger partial charge on any atom is -0.392 e. The van der Waals surface area contributed by atoms with Crippen LogP contribution < -0.4 is 5.32 Å². The molecule has 2 N–H and O–H groups in total. The highest BCUT2D eigenvalue weighted by Crippen LogP contribution is 2.25. The van der Waals surface area contributed by atoms with Gasteiger partial charge in [-0.2, -0.15) is 0 Å². The molecule has 1 saturated carbocycles. The zero-order valence-corrected chi connectivity index (χ0v) is 13.8. The predicted octanol–water partition coefficient (Wildman–Crippen LogP) is 2.53. The molecule has 0 bridgehead atoms. The zero-order chi connectivity index (χ0) is 15.5. The highest BCUT2D eigenvalue weighted by Gasteiger charge is 2.22. The van der Waals surface area contributed by atoms with Gasteiger partial charge in [0.05, 0.1) is 11.0 Å². The summed E-state index contributed by atoms with van der Waals surface area (Å²) in [5, 5.41) is 13.8. The fourth-order valence-corrected chi connectivity index (χ4v) is 4.07. The number of rotatable bonds is 4. The first-order valence-electron chi connectivity index (χ1n) is 7.28. The molecule has 0 spiro atoms. The maximum absolute atomic E-state index is 11.8. The minimum atomic E-state index is -3.32. The summed E-state index contributed by atoms with van der Waals surface area (Å²) in [6, 6.07) is 4.90. The minimum absolute atomic E-state index is 0.00353. The summed E-state index contributed by atoms with van der Waals surface area (Å²) < 4.78 is 23.7. The normalized spacial score (nSPS) is 23.8. The van der Waals surface area contributed by atoms with Crippen molar-refractivity contribution in [2.24, 2.45) is 0 Å². The number of nitrogens with one attached hydrogen (secondary N) is 1. The van der Waals surface area contributed by atoms with E-state index in [0.717, 1.165) is 32.1 Å². The molecule has 0 aromatic heterocycles. The number of aliphatic hydroxyl groups excluding tert-OH is 1. The third-order valence-electron chi connectivity index (χ3n) is 4.00. The fraction of sp³-hybridized carbons (Fsp3) is 0.600. The number of halogens is 1. The lowest BCUT2D eigenvalue weighted by Gasteiger charge is -2.22. The Morgan fingerprint density at radius 1 is 1.29 bits per heavy atom. The van der Waals surface area contributed by atoms with Crippen LogP contribution in [-0.2, 0) is 16.4 Å². The Bertz CT molecular complexity index is 589. The van der Waals surface area contributed by atoms with Gasteiger partial charge in [0.25, 0.3) is 0 Å². The molecule has 2 rings (SSSR count). The van der Waals surface area contributed by atoms with Crippen molar-refractivity contribution in [1.82, 2.24) is 5.32 Å². The van der Waals surface area contributed by atoms with Gasteiger partial charge < -0.3 is 10.4 Å². The Labute approximate surface area is 131 Å². The van der Waals surface area contributed by atoms with E-state index >= 15 is 0 Å². The Morgan fingerprint density at radius 2 is 2.00 bits per heavy atom. The smallest absolute Gasteiger partial charge is 0.175 e. The predicted molar refractivity (Wildman–Crippen MR) is 84.3 cm³/mol. The van der Waals surface area contributed by atoms with Crippen LogP contribution in [0.4, 0.5) is 0 Å². The first-order chi connectivity index (χ1) is 9.89. The van der Waals surface area contributed by atoms with Crippen molar-refractivity contribution in [3.63, 3.8) is 0 Å². The van der Waals surface area contributed by atoms with Crippen LogP contribution >= 0.6 is 11.6 Å². The standard InChI is InChI=1S/C15H22ClNO3S/c1-21(19,20)15-9-5-6-12(16)11(15)10-17-13-7-3-2-4-8-14(13)18/h5-6,9,13-14,17-18H,2-4,7-8,10H2,1H3. The molecule has 0 amide bonds. The quantitative estimate of drug-likeness (QED) is 0.832. The lowest BCUT2D eigenvalue weighted by Crippen LogP contribution is -2.38. The van der Waals surface area contributed by atoms with Gasteiger partial charge in [-0.1, -0.05) is 36.9 Å². The molecule has 4 nitrogen and oxygen atoms in total. The number of aliphatic hydroxyl groups is 1. The van der Waals surface area contributed by atoms with E-state index in [2.05, 4.69) is 5.32 Å². The van der Waals surface area contributed by atoms with Crippen LogP contribution in [0, 0.1) is 0 Å². The van der Waals surface area contributed by atoms with Gasteiger partial charge >= 0.3 is 0 Å². The molecule has 0 heterocycles. The van der Waals surface area contributed by atoms with Crippen molar-refractivity contribution in [1.29, 1.82) is 0 Å². The van der Waals surface area contributed by atoms with Gasteiger partial charge in [0.15, 0.2) is 9.84 Å². The molecule has 0 saturated heterocycles. The van der Waals surface area contributed by atoms with E-state index in [9.17, 15) is 13.5 Å². The summed E-state index contributed by atoms with van der Waals surface area (Å²) in [5.41, 5.74) is 0.582. The Morgan fingerprint density at radius 3 is 2.71 bits per heavy atom. The summed E-state index contributed by atoms with van der Waals surface area (Å²) in [7, 11) is -3.32. The van der Waals surface area contributed by atoms with Gasteiger partial charge in [-0.15, -0.1) is 0 Å². The SMILES string of the molecule is CS(=O)(=O)c1cccc(Cl)c1CNC1CCCCCC1O. The summed E-state index contributed by atoms with van der Waals surface area (Å²) in [6.07, 6.45) is 5.75. The van der Waals surface area contributed by atoms with Crippen molar-refractivity contribution in [2.75, 3.05) is 6.26 Å². The Kier molecular flexibility index (Phi) is 5.66. The lowest BCUT2D eigenvalue weighted by atomic mass is 10.1. The molecule has 1 aromatic carbocycles. The van der Waals surface area contributed by atoms with Crippen LogP contribution in [0.3, 0.4) is 0 Å². The van der Waals surface area contributed by atoms with Crippen LogP contribution in [0.25, 0.3) is 0 Å². The molecule has 1 aliphatic carbocycles. The van der Waals surface area contributed by atoms with Crippen molar-refractivity contribution in [3.8, 4) is 0 Å². The second-order valence-electron chi connectivity index (χ2n) is 5.68. The van der Waals surface area contributed by atoms with E-state index < -0.39 is 9.84 Å². The monoisotopic (exact) mass is 331 g/mol. The van der Waals surface area contributed by atoms with E-state index in [1.807, 2.05) is 0 Å². The molecule has 21 heavy (non-hydrogen) atoms. The number of hydrogen-bond acceptors (Lipinski definition) is 4. The van der Waals surface area contributed by atoms with Crippen molar-refractivity contribution >= 4 is 21.4 Å². The fourth-order valence-electron chi connectivity index (χ4n) is 2.82. The number of benzene rings is 1. The van der Waals surface area contributed by atoms with E-state index in [1.54, 1.807) is 18.2 Å².